The van der Waals surface area contributed by atoms with Gasteiger partial charge in [-0.3, -0.25) is 14.5 Å². The molecule has 7 heteroatoms. The Bertz CT molecular complexity index is 667. The molecule has 3 heterocycles. The van der Waals surface area contributed by atoms with Crippen LogP contribution in [-0.2, 0) is 9.59 Å². The highest BCUT2D eigenvalue weighted by Crippen LogP contribution is 2.37. The second-order valence-electron chi connectivity index (χ2n) is 6.87. The zero-order valence-corrected chi connectivity index (χ0v) is 14.3. The van der Waals surface area contributed by atoms with Gasteiger partial charge in [0, 0.05) is 11.4 Å². The fourth-order valence-electron chi connectivity index (χ4n) is 4.21. The third-order valence-corrected chi connectivity index (χ3v) is 6.41. The maximum Gasteiger partial charge on any atom is 0.325 e. The second-order valence-corrected chi connectivity index (χ2v) is 7.85. The molecule has 128 valence electrons. The van der Waals surface area contributed by atoms with E-state index in [9.17, 15) is 14.4 Å². The maximum atomic E-state index is 12.8. The summed E-state index contributed by atoms with van der Waals surface area (Å²) >= 11 is 1.65. The highest BCUT2D eigenvalue weighted by atomic mass is 32.1. The summed E-state index contributed by atoms with van der Waals surface area (Å²) in [6, 6.07) is 3.70. The molecule has 2 aliphatic heterocycles. The Morgan fingerprint density at radius 2 is 2.08 bits per heavy atom. The number of amides is 4. The zero-order valence-electron chi connectivity index (χ0n) is 13.5. The van der Waals surface area contributed by atoms with Gasteiger partial charge in [-0.2, -0.15) is 0 Å². The van der Waals surface area contributed by atoms with Crippen molar-refractivity contribution in [2.24, 2.45) is 0 Å². The van der Waals surface area contributed by atoms with Crippen LogP contribution >= 0.6 is 11.3 Å². The Kier molecular flexibility index (Phi) is 3.83. The van der Waals surface area contributed by atoms with Crippen LogP contribution in [0, 0.1) is 0 Å². The molecule has 24 heavy (non-hydrogen) atoms. The lowest BCUT2D eigenvalue weighted by Gasteiger charge is -2.26. The van der Waals surface area contributed by atoms with E-state index in [1.54, 1.807) is 11.3 Å². The van der Waals surface area contributed by atoms with Gasteiger partial charge in [-0.15, -0.1) is 11.3 Å². The van der Waals surface area contributed by atoms with Gasteiger partial charge in [-0.25, -0.2) is 4.79 Å². The van der Waals surface area contributed by atoms with Crippen LogP contribution in [0.4, 0.5) is 4.79 Å². The van der Waals surface area contributed by atoms with E-state index in [2.05, 4.69) is 5.32 Å². The number of rotatable bonds is 3. The number of likely N-dealkylation sites (tertiary alicyclic amines) is 1. The predicted octanol–water partition coefficient (Wildman–Crippen LogP) is 2.28. The number of urea groups is 1. The van der Waals surface area contributed by atoms with Gasteiger partial charge in [-0.05, 0) is 37.1 Å². The molecule has 0 aromatic carbocycles. The van der Waals surface area contributed by atoms with Gasteiger partial charge in [0.25, 0.3) is 5.91 Å². The van der Waals surface area contributed by atoms with E-state index in [4.69, 9.17) is 0 Å². The molecular formula is C17H21N3O3S. The third-order valence-electron chi connectivity index (χ3n) is 5.44. The van der Waals surface area contributed by atoms with Crippen LogP contribution in [-0.4, -0.2) is 46.3 Å². The molecule has 1 N–H and O–H groups in total. The third kappa shape index (κ3) is 2.42. The number of carbonyl (C=O) groups is 3. The number of hydrogen-bond donors (Lipinski definition) is 1. The van der Waals surface area contributed by atoms with E-state index in [1.165, 1.54) is 4.88 Å². The Labute approximate surface area is 144 Å². The Hall–Kier alpha value is -1.89. The summed E-state index contributed by atoms with van der Waals surface area (Å²) in [6.07, 6.45) is 5.16. The summed E-state index contributed by atoms with van der Waals surface area (Å²) in [5.74, 6) is -0.352. The molecule has 1 atom stereocenters. The summed E-state index contributed by atoms with van der Waals surface area (Å²) < 4.78 is 0. The number of nitrogens with one attached hydrogen (secondary N) is 1. The van der Waals surface area contributed by atoms with Gasteiger partial charge in [0.2, 0.25) is 5.91 Å². The summed E-state index contributed by atoms with van der Waals surface area (Å²) in [4.78, 5) is 41.8. The molecular weight excluding hydrogens is 326 g/mol. The molecule has 6 nitrogen and oxygen atoms in total. The number of imide groups is 1. The van der Waals surface area contributed by atoms with Crippen LogP contribution in [0.1, 0.15) is 49.4 Å². The standard InChI is InChI=1S/C17H21N3O3S/c21-14(19-9-3-5-12(19)13-6-4-10-24-13)11-20-15(22)17(18-16(20)23)7-1-2-8-17/h4,6,10,12H,1-3,5,7-9,11H2,(H,18,23)/t12-/m0/s1. The minimum absolute atomic E-state index is 0.0821. The molecule has 4 rings (SSSR count). The van der Waals surface area contributed by atoms with E-state index in [-0.39, 0.29) is 24.4 Å². The monoisotopic (exact) mass is 347 g/mol. The van der Waals surface area contributed by atoms with Crippen molar-refractivity contribution in [1.82, 2.24) is 15.1 Å². The van der Waals surface area contributed by atoms with Crippen molar-refractivity contribution < 1.29 is 14.4 Å². The van der Waals surface area contributed by atoms with Crippen LogP contribution in [0.25, 0.3) is 0 Å². The lowest BCUT2D eigenvalue weighted by Crippen LogP contribution is -2.46. The fourth-order valence-corrected chi connectivity index (χ4v) is 5.08. The first kappa shape index (κ1) is 15.6. The molecule has 3 fully saturated rings. The van der Waals surface area contributed by atoms with E-state index in [1.807, 2.05) is 22.4 Å². The van der Waals surface area contributed by atoms with Crippen molar-refractivity contribution in [2.45, 2.75) is 50.1 Å². The SMILES string of the molecule is O=C1NC2(CCCC2)C(=O)N1CC(=O)N1CCC[C@H]1c1cccs1. The molecule has 2 saturated heterocycles. The Morgan fingerprint density at radius 1 is 1.29 bits per heavy atom. The first-order chi connectivity index (χ1) is 11.6. The topological polar surface area (TPSA) is 69.7 Å². The Morgan fingerprint density at radius 3 is 2.79 bits per heavy atom. The zero-order chi connectivity index (χ0) is 16.7. The molecule has 1 aliphatic carbocycles. The fraction of sp³-hybridized carbons (Fsp3) is 0.588. The second kappa shape index (κ2) is 5.88. The predicted molar refractivity (Wildman–Crippen MR) is 89.5 cm³/mol. The molecule has 0 radical (unpaired) electrons. The van der Waals surface area contributed by atoms with Crippen LogP contribution in [0.2, 0.25) is 0 Å². The van der Waals surface area contributed by atoms with Crippen molar-refractivity contribution in [3.63, 3.8) is 0 Å². The summed E-state index contributed by atoms with van der Waals surface area (Å²) in [5, 5.41) is 4.84. The van der Waals surface area contributed by atoms with Crippen molar-refractivity contribution in [1.29, 1.82) is 0 Å². The number of thiophene rings is 1. The average Bonchev–Trinajstić information content (AvgIpc) is 3.33. The van der Waals surface area contributed by atoms with Gasteiger partial charge < -0.3 is 10.2 Å². The van der Waals surface area contributed by atoms with E-state index >= 15 is 0 Å². The largest absolute Gasteiger partial charge is 0.333 e. The number of carbonyl (C=O) groups excluding carboxylic acids is 3. The number of nitrogens with zero attached hydrogens (tertiary/aromatic N) is 2. The molecule has 4 amide bonds. The minimum Gasteiger partial charge on any atom is -0.333 e. The first-order valence-corrected chi connectivity index (χ1v) is 9.46. The number of hydrogen-bond acceptors (Lipinski definition) is 4. The van der Waals surface area contributed by atoms with Crippen molar-refractivity contribution in [3.05, 3.63) is 22.4 Å². The molecule has 3 aliphatic rings. The van der Waals surface area contributed by atoms with Crippen molar-refractivity contribution in [2.75, 3.05) is 13.1 Å². The van der Waals surface area contributed by atoms with Crippen molar-refractivity contribution >= 4 is 29.2 Å². The van der Waals surface area contributed by atoms with Gasteiger partial charge >= 0.3 is 6.03 Å². The molecule has 1 aromatic heterocycles. The quantitative estimate of drug-likeness (QED) is 0.853. The van der Waals surface area contributed by atoms with Crippen LogP contribution in [0.3, 0.4) is 0 Å². The molecule has 0 unspecified atom stereocenters. The normalized spacial score (nSPS) is 25.8. The molecule has 1 saturated carbocycles. The highest BCUT2D eigenvalue weighted by Gasteiger charge is 2.53. The van der Waals surface area contributed by atoms with Gasteiger partial charge in [0.15, 0.2) is 0 Å². The van der Waals surface area contributed by atoms with Crippen LogP contribution < -0.4 is 5.32 Å². The van der Waals surface area contributed by atoms with Crippen LogP contribution in [0.5, 0.6) is 0 Å². The lowest BCUT2D eigenvalue weighted by molar-refractivity contribution is -0.139. The molecule has 1 spiro atoms. The summed E-state index contributed by atoms with van der Waals surface area (Å²) in [5.41, 5.74) is -0.741. The van der Waals surface area contributed by atoms with Gasteiger partial charge in [-0.1, -0.05) is 18.9 Å². The maximum absolute atomic E-state index is 12.8. The van der Waals surface area contributed by atoms with Crippen LogP contribution in [0.15, 0.2) is 17.5 Å². The highest BCUT2D eigenvalue weighted by molar-refractivity contribution is 7.10. The summed E-state index contributed by atoms with van der Waals surface area (Å²) in [6.45, 7) is 0.546. The van der Waals surface area contributed by atoms with E-state index < -0.39 is 11.6 Å². The van der Waals surface area contributed by atoms with Gasteiger partial charge in [0.05, 0.1) is 6.04 Å². The van der Waals surface area contributed by atoms with Crippen molar-refractivity contribution in [3.8, 4) is 0 Å². The van der Waals surface area contributed by atoms with Gasteiger partial charge in [0.1, 0.15) is 12.1 Å². The van der Waals surface area contributed by atoms with E-state index in [0.29, 0.717) is 19.4 Å². The molecule has 1 aromatic rings. The first-order valence-electron chi connectivity index (χ1n) is 8.58. The van der Waals surface area contributed by atoms with E-state index in [0.717, 1.165) is 30.6 Å². The summed E-state index contributed by atoms with van der Waals surface area (Å²) in [7, 11) is 0. The minimum atomic E-state index is -0.741. The smallest absolute Gasteiger partial charge is 0.325 e. The molecule has 0 bridgehead atoms. The lowest BCUT2D eigenvalue weighted by atomic mass is 9.98. The average molecular weight is 347 g/mol. The Balaban J connectivity index is 1.48.